The summed E-state index contributed by atoms with van der Waals surface area (Å²) < 4.78 is -0.160. The number of benzene rings is 1. The molecule has 1 aliphatic rings. The molecule has 1 aromatic heterocycles. The van der Waals surface area contributed by atoms with Gasteiger partial charge in [0.05, 0.1) is 28.7 Å². The molecule has 0 bridgehead atoms. The Morgan fingerprint density at radius 2 is 1.90 bits per heavy atom. The number of quaternary nitrogens is 1. The van der Waals surface area contributed by atoms with Crippen molar-refractivity contribution in [2.24, 2.45) is 0 Å². The predicted molar refractivity (Wildman–Crippen MR) is 114 cm³/mol. The van der Waals surface area contributed by atoms with Gasteiger partial charge in [0.25, 0.3) is 12.0 Å². The van der Waals surface area contributed by atoms with Crippen LogP contribution in [0.15, 0.2) is 36.4 Å². The standard InChI is InChI=1S/C22H29N3O3S/c1-22(2,3)25(21(27)28)12-8-7-11-16(14-25)24-20(26)17-13-18(29-19(17)23)15-9-5-4-6-10-15/h4-6,9-10,13,16H,7-8,11-12,14H2,1-3H3,(H3-,23,24,26,27,28)/t16-,25?/m0/s1. The SMILES string of the molecule is CC(C)(C)[N+]1(C(=O)[O-])CCCC[C@H](NC(=O)c2cc(-c3ccccc3)sc2N)C1. The molecule has 6 nitrogen and oxygen atoms in total. The van der Waals surface area contributed by atoms with Crippen LogP contribution in [0.5, 0.6) is 0 Å². The maximum absolute atomic E-state index is 13.0. The van der Waals surface area contributed by atoms with Crippen molar-refractivity contribution in [1.82, 2.24) is 5.32 Å². The van der Waals surface area contributed by atoms with Crippen molar-refractivity contribution in [3.63, 3.8) is 0 Å². The van der Waals surface area contributed by atoms with E-state index >= 15 is 0 Å². The average molecular weight is 416 g/mol. The maximum Gasteiger partial charge on any atom is 0.257 e. The number of carboxylic acid groups (broad SMARTS) is 1. The smallest absolute Gasteiger partial charge is 0.257 e. The number of nitrogens with one attached hydrogen (secondary N) is 1. The van der Waals surface area contributed by atoms with Gasteiger partial charge in [-0.25, -0.2) is 0 Å². The van der Waals surface area contributed by atoms with Crippen molar-refractivity contribution in [3.05, 3.63) is 42.0 Å². The number of thiophene rings is 1. The van der Waals surface area contributed by atoms with Gasteiger partial charge in [0, 0.05) is 4.88 Å². The van der Waals surface area contributed by atoms with Crippen molar-refractivity contribution >= 4 is 28.3 Å². The normalized spacial score (nSPS) is 22.7. The molecule has 0 aliphatic carbocycles. The van der Waals surface area contributed by atoms with Gasteiger partial charge in [-0.15, -0.1) is 11.3 Å². The Morgan fingerprint density at radius 3 is 2.52 bits per heavy atom. The van der Waals surface area contributed by atoms with Gasteiger partial charge in [0.2, 0.25) is 0 Å². The van der Waals surface area contributed by atoms with Crippen molar-refractivity contribution in [3.8, 4) is 10.4 Å². The zero-order valence-corrected chi connectivity index (χ0v) is 18.1. The highest BCUT2D eigenvalue weighted by atomic mass is 32.1. The fourth-order valence-electron chi connectivity index (χ4n) is 4.09. The molecule has 2 atom stereocenters. The summed E-state index contributed by atoms with van der Waals surface area (Å²) in [5.41, 5.74) is 7.07. The molecule has 0 saturated carbocycles. The summed E-state index contributed by atoms with van der Waals surface area (Å²) in [5.74, 6) is -0.252. The molecule has 1 aliphatic heterocycles. The van der Waals surface area contributed by atoms with E-state index in [0.717, 1.165) is 29.7 Å². The number of hydrogen-bond acceptors (Lipinski definition) is 5. The van der Waals surface area contributed by atoms with Crippen molar-refractivity contribution in [2.45, 2.75) is 51.6 Å². The third-order valence-electron chi connectivity index (χ3n) is 5.91. The zero-order valence-electron chi connectivity index (χ0n) is 17.2. The number of nitrogen functional groups attached to an aromatic ring is 1. The van der Waals surface area contributed by atoms with E-state index < -0.39 is 11.6 Å². The second-order valence-corrected chi connectivity index (χ2v) is 9.82. The van der Waals surface area contributed by atoms with Crippen LogP contribution in [0.3, 0.4) is 0 Å². The Hall–Kier alpha value is -2.38. The number of carbonyl (C=O) groups excluding carboxylic acids is 2. The zero-order chi connectivity index (χ0) is 21.2. The molecular formula is C22H29N3O3S. The minimum Gasteiger partial charge on any atom is -0.498 e. The fraction of sp³-hybridized carbons (Fsp3) is 0.455. The lowest BCUT2D eigenvalue weighted by Gasteiger charge is -2.48. The number of rotatable bonds is 3. The van der Waals surface area contributed by atoms with E-state index in [1.54, 1.807) is 0 Å². The van der Waals surface area contributed by atoms with Crippen LogP contribution in [-0.2, 0) is 0 Å². The molecule has 1 saturated heterocycles. The highest BCUT2D eigenvalue weighted by Crippen LogP contribution is 2.34. The first-order chi connectivity index (χ1) is 13.6. The third-order valence-corrected chi connectivity index (χ3v) is 6.92. The molecule has 1 unspecified atom stereocenters. The second kappa shape index (κ2) is 8.16. The lowest BCUT2D eigenvalue weighted by Crippen LogP contribution is -2.70. The summed E-state index contributed by atoms with van der Waals surface area (Å²) in [6.07, 6.45) is 1.31. The highest BCUT2D eigenvalue weighted by Gasteiger charge is 2.45. The minimum absolute atomic E-state index is 0.160. The molecule has 0 radical (unpaired) electrons. The largest absolute Gasteiger partial charge is 0.498 e. The maximum atomic E-state index is 13.0. The van der Waals surface area contributed by atoms with Crippen molar-refractivity contribution in [2.75, 3.05) is 18.8 Å². The highest BCUT2D eigenvalue weighted by molar-refractivity contribution is 7.19. The number of likely N-dealkylation sites (tertiary alicyclic amines) is 1. The summed E-state index contributed by atoms with van der Waals surface area (Å²) in [5, 5.41) is 15.6. The van der Waals surface area contributed by atoms with Crippen LogP contribution in [0, 0.1) is 0 Å². The first kappa shape index (κ1) is 21.3. The molecule has 3 rings (SSSR count). The summed E-state index contributed by atoms with van der Waals surface area (Å²) in [6.45, 7) is 6.56. The van der Waals surface area contributed by atoms with E-state index in [1.807, 2.05) is 57.2 Å². The van der Waals surface area contributed by atoms with E-state index in [0.29, 0.717) is 23.7 Å². The van der Waals surface area contributed by atoms with Gasteiger partial charge in [-0.1, -0.05) is 30.3 Å². The summed E-state index contributed by atoms with van der Waals surface area (Å²) in [7, 11) is 0. The second-order valence-electron chi connectivity index (χ2n) is 8.73. The van der Waals surface area contributed by atoms with Gasteiger partial charge in [-0.2, -0.15) is 0 Å². The molecule has 7 heteroatoms. The lowest BCUT2D eigenvalue weighted by molar-refractivity contribution is -0.919. The Kier molecular flexibility index (Phi) is 6.00. The number of hydrogen-bond donors (Lipinski definition) is 2. The Morgan fingerprint density at radius 1 is 1.21 bits per heavy atom. The van der Waals surface area contributed by atoms with E-state index in [4.69, 9.17) is 5.73 Å². The van der Waals surface area contributed by atoms with Crippen LogP contribution < -0.4 is 16.2 Å². The fourth-order valence-corrected chi connectivity index (χ4v) is 5.02. The molecule has 156 valence electrons. The van der Waals surface area contributed by atoms with Gasteiger partial charge in [-0.3, -0.25) is 9.28 Å². The van der Waals surface area contributed by atoms with E-state index in [-0.39, 0.29) is 16.4 Å². The number of carbonyl (C=O) groups is 2. The molecular weight excluding hydrogens is 386 g/mol. The van der Waals surface area contributed by atoms with Crippen LogP contribution in [0.2, 0.25) is 0 Å². The van der Waals surface area contributed by atoms with Crippen molar-refractivity contribution in [1.29, 1.82) is 0 Å². The molecule has 3 N–H and O–H groups in total. The molecule has 1 fully saturated rings. The van der Waals surface area contributed by atoms with Crippen LogP contribution in [-0.4, -0.2) is 41.2 Å². The van der Waals surface area contributed by atoms with Gasteiger partial charge in [0.15, 0.2) is 0 Å². The first-order valence-corrected chi connectivity index (χ1v) is 10.8. The molecule has 29 heavy (non-hydrogen) atoms. The van der Waals surface area contributed by atoms with E-state index in [9.17, 15) is 14.7 Å². The van der Waals surface area contributed by atoms with Gasteiger partial charge in [-0.05, 0) is 51.7 Å². The summed E-state index contributed by atoms with van der Waals surface area (Å²) in [4.78, 5) is 26.0. The number of nitrogens with zero attached hydrogens (tertiary/aromatic N) is 1. The van der Waals surface area contributed by atoms with E-state index in [2.05, 4.69) is 5.32 Å². The molecule has 2 aromatic rings. The Labute approximate surface area is 175 Å². The Balaban J connectivity index is 1.81. The number of amides is 2. The van der Waals surface area contributed by atoms with Crippen molar-refractivity contribution < 1.29 is 19.2 Å². The Bertz CT molecular complexity index is 888. The molecule has 2 amide bonds. The first-order valence-electron chi connectivity index (χ1n) is 9.98. The molecule has 1 aromatic carbocycles. The van der Waals surface area contributed by atoms with Gasteiger partial charge >= 0.3 is 0 Å². The summed E-state index contributed by atoms with van der Waals surface area (Å²) in [6, 6.07) is 11.4. The molecule has 2 heterocycles. The van der Waals surface area contributed by atoms with Gasteiger partial charge in [0.1, 0.15) is 6.54 Å². The topological polar surface area (TPSA) is 95.2 Å². The van der Waals surface area contributed by atoms with Crippen LogP contribution in [0.25, 0.3) is 10.4 Å². The predicted octanol–water partition coefficient (Wildman–Crippen LogP) is 3.24. The lowest BCUT2D eigenvalue weighted by atomic mass is 10.0. The van der Waals surface area contributed by atoms with Crippen LogP contribution in [0.1, 0.15) is 50.4 Å². The number of anilines is 1. The minimum atomic E-state index is -1.08. The van der Waals surface area contributed by atoms with Crippen LogP contribution in [0.4, 0.5) is 9.80 Å². The van der Waals surface area contributed by atoms with E-state index in [1.165, 1.54) is 11.3 Å². The summed E-state index contributed by atoms with van der Waals surface area (Å²) >= 11 is 1.38. The quantitative estimate of drug-likeness (QED) is 0.753. The van der Waals surface area contributed by atoms with Gasteiger partial charge < -0.3 is 21.0 Å². The third kappa shape index (κ3) is 4.31. The molecule has 0 spiro atoms. The average Bonchev–Trinajstić information content (AvgIpc) is 2.91. The monoisotopic (exact) mass is 415 g/mol. The number of nitrogens with two attached hydrogens (primary N) is 1. The van der Waals surface area contributed by atoms with Crippen LogP contribution >= 0.6 is 11.3 Å².